The quantitative estimate of drug-likeness (QED) is 0.372. The molecular formula is C32H35FN4O4. The Balaban J connectivity index is 1.12. The molecule has 2 aromatic rings. The molecule has 2 saturated heterocycles. The largest absolute Gasteiger partial charge is 0.489 e. The predicted octanol–water partition coefficient (Wildman–Crippen LogP) is 3.85. The first kappa shape index (κ1) is 28.3. The van der Waals surface area contributed by atoms with Crippen molar-refractivity contribution in [3.63, 3.8) is 0 Å². The molecule has 0 bridgehead atoms. The molecule has 2 fully saturated rings. The maximum atomic E-state index is 13.2. The highest BCUT2D eigenvalue weighted by molar-refractivity contribution is 6.05. The van der Waals surface area contributed by atoms with E-state index in [0.29, 0.717) is 24.3 Å². The number of hydrogen-bond acceptors (Lipinski definition) is 6. The van der Waals surface area contributed by atoms with E-state index in [4.69, 9.17) is 4.74 Å². The average molecular weight is 559 g/mol. The number of hydrogen-bond donors (Lipinski definition) is 1. The molecule has 0 aliphatic carbocycles. The summed E-state index contributed by atoms with van der Waals surface area (Å²) in [6.45, 7) is 11.1. The lowest BCUT2D eigenvalue weighted by Gasteiger charge is -2.36. The van der Waals surface area contributed by atoms with Gasteiger partial charge in [0.05, 0.1) is 6.54 Å². The second-order valence-electron chi connectivity index (χ2n) is 10.6. The van der Waals surface area contributed by atoms with Gasteiger partial charge in [0, 0.05) is 56.0 Å². The Morgan fingerprint density at radius 2 is 1.83 bits per heavy atom. The number of carbonyl (C=O) groups excluding carboxylic acids is 3. The van der Waals surface area contributed by atoms with Crippen molar-refractivity contribution >= 4 is 23.4 Å². The lowest BCUT2D eigenvalue weighted by molar-refractivity contribution is -0.136. The van der Waals surface area contributed by atoms with E-state index in [1.165, 1.54) is 17.0 Å². The molecule has 3 aliphatic heterocycles. The number of imide groups is 1. The second kappa shape index (κ2) is 12.5. The fraction of sp³-hybridized carbons (Fsp3) is 0.344. The monoisotopic (exact) mass is 558 g/mol. The van der Waals surface area contributed by atoms with Gasteiger partial charge in [0.15, 0.2) is 0 Å². The van der Waals surface area contributed by atoms with Crippen LogP contribution in [-0.4, -0.2) is 72.9 Å². The van der Waals surface area contributed by atoms with Crippen LogP contribution in [0, 0.1) is 5.82 Å². The van der Waals surface area contributed by atoms with Gasteiger partial charge in [-0.3, -0.25) is 24.6 Å². The van der Waals surface area contributed by atoms with E-state index in [2.05, 4.69) is 21.7 Å². The number of fused-ring (bicyclic) bond motifs is 1. The van der Waals surface area contributed by atoms with Gasteiger partial charge in [0.25, 0.3) is 5.91 Å². The number of amides is 3. The molecule has 214 valence electrons. The normalized spacial score (nSPS) is 20.0. The number of benzene rings is 2. The number of rotatable bonds is 9. The van der Waals surface area contributed by atoms with E-state index in [1.807, 2.05) is 43.4 Å². The number of halogens is 1. The zero-order valence-electron chi connectivity index (χ0n) is 23.3. The van der Waals surface area contributed by atoms with Crippen LogP contribution in [0.25, 0.3) is 0 Å². The number of nitrogens with zero attached hydrogens (tertiary/aromatic N) is 3. The Hall–Kier alpha value is -4.24. The van der Waals surface area contributed by atoms with E-state index in [1.54, 1.807) is 12.1 Å². The number of piperazine rings is 1. The SMILES string of the molecule is C=C(/C=C\C(=C/C)COc1cccc2c1CN(C1CCC(=O)NC1=O)C2=O)CN1CCN(c2ccc(F)cc2)CC1. The van der Waals surface area contributed by atoms with Crippen molar-refractivity contribution in [2.45, 2.75) is 32.4 Å². The maximum Gasteiger partial charge on any atom is 0.255 e. The van der Waals surface area contributed by atoms with Crippen molar-refractivity contribution in [2.75, 3.05) is 44.2 Å². The molecule has 41 heavy (non-hydrogen) atoms. The molecule has 8 nitrogen and oxygen atoms in total. The third kappa shape index (κ3) is 6.57. The van der Waals surface area contributed by atoms with E-state index < -0.39 is 11.9 Å². The van der Waals surface area contributed by atoms with Crippen molar-refractivity contribution in [3.8, 4) is 5.75 Å². The number of piperidine rings is 1. The molecule has 2 aromatic carbocycles. The van der Waals surface area contributed by atoms with Gasteiger partial charge < -0.3 is 14.5 Å². The Morgan fingerprint density at radius 1 is 1.07 bits per heavy atom. The minimum Gasteiger partial charge on any atom is -0.489 e. The molecule has 3 amide bonds. The van der Waals surface area contributed by atoms with Crippen LogP contribution >= 0.6 is 0 Å². The highest BCUT2D eigenvalue weighted by Crippen LogP contribution is 2.33. The van der Waals surface area contributed by atoms with Crippen LogP contribution in [0.3, 0.4) is 0 Å². The van der Waals surface area contributed by atoms with Crippen molar-refractivity contribution in [3.05, 3.63) is 95.4 Å². The van der Waals surface area contributed by atoms with E-state index in [-0.39, 0.29) is 30.6 Å². The van der Waals surface area contributed by atoms with Crippen molar-refractivity contribution in [2.24, 2.45) is 0 Å². The van der Waals surface area contributed by atoms with Crippen LogP contribution in [0.2, 0.25) is 0 Å². The summed E-state index contributed by atoms with van der Waals surface area (Å²) in [6.07, 6.45) is 6.53. The molecule has 3 aliphatic rings. The average Bonchev–Trinajstić information content (AvgIpc) is 3.30. The molecule has 0 saturated carbocycles. The zero-order chi connectivity index (χ0) is 28.9. The first-order valence-corrected chi connectivity index (χ1v) is 14.0. The van der Waals surface area contributed by atoms with E-state index in [0.717, 1.165) is 55.1 Å². The molecule has 5 rings (SSSR count). The van der Waals surface area contributed by atoms with Gasteiger partial charge in [0.1, 0.15) is 24.2 Å². The zero-order valence-corrected chi connectivity index (χ0v) is 23.3. The first-order chi connectivity index (χ1) is 19.8. The van der Waals surface area contributed by atoms with Crippen molar-refractivity contribution in [1.29, 1.82) is 0 Å². The van der Waals surface area contributed by atoms with Gasteiger partial charge in [0.2, 0.25) is 11.8 Å². The molecule has 0 radical (unpaired) electrons. The first-order valence-electron chi connectivity index (χ1n) is 14.0. The molecule has 9 heteroatoms. The topological polar surface area (TPSA) is 82.2 Å². The molecule has 3 heterocycles. The Labute approximate surface area is 239 Å². The summed E-state index contributed by atoms with van der Waals surface area (Å²) in [5.41, 5.74) is 4.28. The number of ether oxygens (including phenoxy) is 1. The fourth-order valence-electron chi connectivity index (χ4n) is 5.46. The van der Waals surface area contributed by atoms with Crippen LogP contribution in [0.15, 0.2) is 78.4 Å². The number of carbonyl (C=O) groups is 3. The Bertz CT molecular complexity index is 1390. The maximum absolute atomic E-state index is 13.2. The van der Waals surface area contributed by atoms with Crippen LogP contribution in [0.5, 0.6) is 5.75 Å². The summed E-state index contributed by atoms with van der Waals surface area (Å²) in [6, 6.07) is 11.3. The molecule has 1 N–H and O–H groups in total. The van der Waals surface area contributed by atoms with E-state index >= 15 is 0 Å². The fourth-order valence-corrected chi connectivity index (χ4v) is 5.46. The minimum atomic E-state index is -0.661. The number of nitrogens with one attached hydrogen (secondary N) is 1. The highest BCUT2D eigenvalue weighted by atomic mass is 19.1. The smallest absolute Gasteiger partial charge is 0.255 e. The summed E-state index contributed by atoms with van der Waals surface area (Å²) < 4.78 is 19.4. The van der Waals surface area contributed by atoms with Gasteiger partial charge in [-0.2, -0.15) is 0 Å². The molecule has 1 atom stereocenters. The van der Waals surface area contributed by atoms with Gasteiger partial charge in [-0.25, -0.2) is 4.39 Å². The lowest BCUT2D eigenvalue weighted by Crippen LogP contribution is -2.52. The van der Waals surface area contributed by atoms with Gasteiger partial charge in [-0.1, -0.05) is 30.9 Å². The van der Waals surface area contributed by atoms with Crippen LogP contribution < -0.4 is 15.0 Å². The van der Waals surface area contributed by atoms with Crippen molar-refractivity contribution < 1.29 is 23.5 Å². The molecular weight excluding hydrogens is 523 g/mol. The van der Waals surface area contributed by atoms with Crippen molar-refractivity contribution in [1.82, 2.24) is 15.1 Å². The molecule has 0 aromatic heterocycles. The summed E-state index contributed by atoms with van der Waals surface area (Å²) in [4.78, 5) is 43.1. The highest BCUT2D eigenvalue weighted by Gasteiger charge is 2.40. The Kier molecular flexibility index (Phi) is 8.64. The Morgan fingerprint density at radius 3 is 2.54 bits per heavy atom. The second-order valence-corrected chi connectivity index (χ2v) is 10.6. The minimum absolute atomic E-state index is 0.217. The van der Waals surface area contributed by atoms with Gasteiger partial charge >= 0.3 is 0 Å². The number of anilines is 1. The summed E-state index contributed by atoms with van der Waals surface area (Å²) in [5.74, 6) is -0.572. The molecule has 0 spiro atoms. The van der Waals surface area contributed by atoms with Crippen LogP contribution in [0.4, 0.5) is 10.1 Å². The molecule has 1 unspecified atom stereocenters. The summed E-state index contributed by atoms with van der Waals surface area (Å²) in [7, 11) is 0. The standard InChI is InChI=1S/C32H35FN4O4/c1-3-23(8-7-22(2)19-35-15-17-36(18-16-35)25-11-9-24(33)10-12-25)21-41-29-6-4-5-26-27(29)20-37(32(26)40)28-13-14-30(38)34-31(28)39/h3-12,28H,2,13-21H2,1H3,(H,34,38,39)/b8-7-,23-3+. The lowest BCUT2D eigenvalue weighted by atomic mass is 10.0. The number of allylic oxidation sites excluding steroid dienone is 1. The van der Waals surface area contributed by atoms with Crippen LogP contribution in [0.1, 0.15) is 35.7 Å². The van der Waals surface area contributed by atoms with Crippen LogP contribution in [-0.2, 0) is 16.1 Å². The van der Waals surface area contributed by atoms with Gasteiger partial charge in [-0.05, 0) is 60.9 Å². The van der Waals surface area contributed by atoms with E-state index in [9.17, 15) is 18.8 Å². The predicted molar refractivity (Wildman–Crippen MR) is 155 cm³/mol. The summed E-state index contributed by atoms with van der Waals surface area (Å²) >= 11 is 0. The third-order valence-corrected chi connectivity index (χ3v) is 7.83. The third-order valence-electron chi connectivity index (χ3n) is 7.83. The van der Waals surface area contributed by atoms with Gasteiger partial charge in [-0.15, -0.1) is 0 Å². The summed E-state index contributed by atoms with van der Waals surface area (Å²) in [5, 5.41) is 2.33.